The van der Waals surface area contributed by atoms with Crippen molar-refractivity contribution in [2.45, 2.75) is 38.1 Å². The number of carbonyl (C=O) groups excluding carboxylic acids is 1. The zero-order chi connectivity index (χ0) is 21.7. The molecule has 6 nitrogen and oxygen atoms in total. The van der Waals surface area contributed by atoms with E-state index < -0.39 is 0 Å². The van der Waals surface area contributed by atoms with E-state index in [2.05, 4.69) is 10.2 Å². The predicted octanol–water partition coefficient (Wildman–Crippen LogP) is 5.12. The van der Waals surface area contributed by atoms with E-state index in [0.29, 0.717) is 28.0 Å². The molecule has 0 radical (unpaired) electrons. The molecule has 0 aliphatic rings. The maximum Gasteiger partial charge on any atom is 0.192 e. The average Bonchev–Trinajstić information content (AvgIpc) is 3.17. The van der Waals surface area contributed by atoms with Crippen molar-refractivity contribution in [1.29, 1.82) is 0 Å². The van der Waals surface area contributed by atoms with E-state index in [4.69, 9.17) is 9.47 Å². The van der Waals surface area contributed by atoms with Gasteiger partial charge in [0.25, 0.3) is 0 Å². The fourth-order valence-corrected chi connectivity index (χ4v) is 3.93. The van der Waals surface area contributed by atoms with Gasteiger partial charge in [-0.1, -0.05) is 23.9 Å². The molecule has 0 fully saturated rings. The van der Waals surface area contributed by atoms with Gasteiger partial charge in [0, 0.05) is 11.6 Å². The smallest absolute Gasteiger partial charge is 0.192 e. The summed E-state index contributed by atoms with van der Waals surface area (Å²) >= 11 is 1.30. The van der Waals surface area contributed by atoms with Gasteiger partial charge in [0.1, 0.15) is 5.82 Å². The second-order valence-corrected chi connectivity index (χ2v) is 7.88. The van der Waals surface area contributed by atoms with Crippen molar-refractivity contribution in [1.82, 2.24) is 14.8 Å². The maximum atomic E-state index is 13.1. The number of thioether (sulfide) groups is 1. The van der Waals surface area contributed by atoms with Gasteiger partial charge in [0.05, 0.1) is 12.9 Å². The minimum absolute atomic E-state index is 0.0714. The molecule has 3 aromatic rings. The van der Waals surface area contributed by atoms with Crippen LogP contribution in [-0.2, 0) is 0 Å². The number of ketones is 1. The number of benzene rings is 2. The number of hydrogen-bond donors (Lipinski definition) is 0. The van der Waals surface area contributed by atoms with Gasteiger partial charge in [-0.15, -0.1) is 10.2 Å². The number of hydrogen-bond acceptors (Lipinski definition) is 6. The highest BCUT2D eigenvalue weighted by Gasteiger charge is 2.23. The highest BCUT2D eigenvalue weighted by molar-refractivity contribution is 7.99. The second kappa shape index (κ2) is 9.75. The zero-order valence-corrected chi connectivity index (χ0v) is 18.1. The van der Waals surface area contributed by atoms with Crippen molar-refractivity contribution in [2.24, 2.45) is 0 Å². The van der Waals surface area contributed by atoms with Gasteiger partial charge in [0.2, 0.25) is 0 Å². The van der Waals surface area contributed by atoms with Crippen LogP contribution in [0, 0.1) is 5.82 Å². The molecule has 0 saturated carbocycles. The van der Waals surface area contributed by atoms with Gasteiger partial charge >= 0.3 is 0 Å². The lowest BCUT2D eigenvalue weighted by molar-refractivity contribution is 0.102. The number of Topliss-reactive ketones (excluding diaryl/α,β-unsaturated/α-hetero) is 1. The quantitative estimate of drug-likeness (QED) is 0.347. The molecular formula is C22H24FN3O3S. The summed E-state index contributed by atoms with van der Waals surface area (Å²) < 4.78 is 26.4. The Morgan fingerprint density at radius 2 is 1.73 bits per heavy atom. The first-order chi connectivity index (χ1) is 14.4. The molecule has 0 amide bonds. The minimum Gasteiger partial charge on any atom is -0.493 e. The Morgan fingerprint density at radius 1 is 1.07 bits per heavy atom. The Kier molecular flexibility index (Phi) is 7.10. The summed E-state index contributed by atoms with van der Waals surface area (Å²) in [7, 11) is 1.59. The summed E-state index contributed by atoms with van der Waals surface area (Å²) in [6, 6.07) is 13.0. The number of rotatable bonds is 9. The lowest BCUT2D eigenvalue weighted by atomic mass is 10.1. The predicted molar refractivity (Wildman–Crippen MR) is 114 cm³/mol. The average molecular weight is 430 g/mol. The number of carbonyl (C=O) groups is 1. The lowest BCUT2D eigenvalue weighted by Gasteiger charge is -2.19. The standard InChI is InChI=1S/C22H24FN3O3S/c1-14(2)26-21(15(3)29-20-8-6-5-7-19(20)28-4)24-25-22(26)30-13-18(27)16-9-11-17(23)12-10-16/h5-12,14-15H,13H2,1-4H3. The Morgan fingerprint density at radius 3 is 2.37 bits per heavy atom. The fraction of sp³-hybridized carbons (Fsp3) is 0.318. The van der Waals surface area contributed by atoms with E-state index in [1.165, 1.54) is 36.0 Å². The Bertz CT molecular complexity index is 1010. The molecule has 8 heteroatoms. The first-order valence-electron chi connectivity index (χ1n) is 9.56. The van der Waals surface area contributed by atoms with Crippen molar-refractivity contribution in [2.75, 3.05) is 12.9 Å². The SMILES string of the molecule is COc1ccccc1OC(C)c1nnc(SCC(=O)c2ccc(F)cc2)n1C(C)C. The fourth-order valence-electron chi connectivity index (χ4n) is 2.96. The molecular weight excluding hydrogens is 405 g/mol. The molecule has 1 unspecified atom stereocenters. The van der Waals surface area contributed by atoms with Crippen molar-refractivity contribution >= 4 is 17.5 Å². The van der Waals surface area contributed by atoms with E-state index >= 15 is 0 Å². The van der Waals surface area contributed by atoms with Crippen LogP contribution in [-0.4, -0.2) is 33.4 Å². The van der Waals surface area contributed by atoms with Gasteiger partial charge in [-0.25, -0.2) is 4.39 Å². The first kappa shape index (κ1) is 21.8. The number of aromatic nitrogens is 3. The molecule has 2 aromatic carbocycles. The van der Waals surface area contributed by atoms with Crippen molar-refractivity contribution in [3.8, 4) is 11.5 Å². The minimum atomic E-state index is -0.377. The monoisotopic (exact) mass is 429 g/mol. The molecule has 1 heterocycles. The molecule has 0 spiro atoms. The van der Waals surface area contributed by atoms with E-state index in [0.717, 1.165) is 0 Å². The summed E-state index contributed by atoms with van der Waals surface area (Å²) in [6.07, 6.45) is -0.377. The third-order valence-electron chi connectivity index (χ3n) is 4.44. The molecule has 0 saturated heterocycles. The number of para-hydroxylation sites is 2. The van der Waals surface area contributed by atoms with Crippen LogP contribution in [0.1, 0.15) is 49.1 Å². The molecule has 0 aliphatic heterocycles. The third kappa shape index (κ3) is 4.99. The van der Waals surface area contributed by atoms with Gasteiger partial charge in [-0.2, -0.15) is 0 Å². The van der Waals surface area contributed by atoms with Crippen molar-refractivity contribution < 1.29 is 18.7 Å². The summed E-state index contributed by atoms with van der Waals surface area (Å²) in [6.45, 7) is 5.94. The molecule has 0 N–H and O–H groups in total. The topological polar surface area (TPSA) is 66.2 Å². The second-order valence-electron chi connectivity index (χ2n) is 6.93. The molecule has 0 aliphatic carbocycles. The van der Waals surface area contributed by atoms with Gasteiger partial charge < -0.3 is 14.0 Å². The van der Waals surface area contributed by atoms with Crippen LogP contribution < -0.4 is 9.47 Å². The van der Waals surface area contributed by atoms with Crippen LogP contribution in [0.2, 0.25) is 0 Å². The lowest BCUT2D eigenvalue weighted by Crippen LogP contribution is -2.15. The van der Waals surface area contributed by atoms with Crippen LogP contribution in [0.25, 0.3) is 0 Å². The van der Waals surface area contributed by atoms with Crippen LogP contribution in [0.3, 0.4) is 0 Å². The number of halogens is 1. The largest absolute Gasteiger partial charge is 0.493 e. The summed E-state index contributed by atoms with van der Waals surface area (Å²) in [4.78, 5) is 12.4. The Labute approximate surface area is 179 Å². The molecule has 1 atom stereocenters. The molecule has 30 heavy (non-hydrogen) atoms. The van der Waals surface area contributed by atoms with Crippen LogP contribution in [0.4, 0.5) is 4.39 Å². The number of nitrogens with zero attached hydrogens (tertiary/aromatic N) is 3. The Balaban J connectivity index is 1.76. The number of ether oxygens (including phenoxy) is 2. The van der Waals surface area contributed by atoms with E-state index in [9.17, 15) is 9.18 Å². The normalized spacial score (nSPS) is 12.1. The van der Waals surface area contributed by atoms with Crippen molar-refractivity contribution in [3.63, 3.8) is 0 Å². The van der Waals surface area contributed by atoms with Gasteiger partial charge in [-0.05, 0) is 57.2 Å². The first-order valence-corrected chi connectivity index (χ1v) is 10.5. The highest BCUT2D eigenvalue weighted by atomic mass is 32.2. The van der Waals surface area contributed by atoms with E-state index in [-0.39, 0.29) is 29.5 Å². The third-order valence-corrected chi connectivity index (χ3v) is 5.39. The molecule has 1 aromatic heterocycles. The highest BCUT2D eigenvalue weighted by Crippen LogP contribution is 2.32. The maximum absolute atomic E-state index is 13.1. The molecule has 3 rings (SSSR count). The van der Waals surface area contributed by atoms with E-state index in [1.54, 1.807) is 7.11 Å². The Hall–Kier alpha value is -2.87. The summed E-state index contributed by atoms with van der Waals surface area (Å²) in [5.41, 5.74) is 0.465. The summed E-state index contributed by atoms with van der Waals surface area (Å²) in [5, 5.41) is 9.22. The van der Waals surface area contributed by atoms with Gasteiger partial charge in [-0.3, -0.25) is 4.79 Å². The van der Waals surface area contributed by atoms with Crippen LogP contribution in [0.5, 0.6) is 11.5 Å². The molecule has 158 valence electrons. The van der Waals surface area contributed by atoms with Crippen LogP contribution >= 0.6 is 11.8 Å². The van der Waals surface area contributed by atoms with Crippen molar-refractivity contribution in [3.05, 3.63) is 65.7 Å². The van der Waals surface area contributed by atoms with Crippen LogP contribution in [0.15, 0.2) is 53.7 Å². The zero-order valence-electron chi connectivity index (χ0n) is 17.3. The summed E-state index contributed by atoms with van der Waals surface area (Å²) in [5.74, 6) is 1.63. The van der Waals surface area contributed by atoms with E-state index in [1.807, 2.05) is 49.6 Å². The number of methoxy groups -OCH3 is 1. The van der Waals surface area contributed by atoms with Gasteiger partial charge in [0.15, 0.2) is 34.4 Å². The molecule has 0 bridgehead atoms.